The van der Waals surface area contributed by atoms with Gasteiger partial charge in [-0.25, -0.2) is 4.39 Å². The Morgan fingerprint density at radius 2 is 2.27 bits per heavy atom. The Bertz CT molecular complexity index is 252. The molecular weight excluding hydrogens is 167 g/mol. The number of rotatable bonds is 2. The quantitative estimate of drug-likeness (QED) is 0.672. The van der Waals surface area contributed by atoms with Crippen molar-refractivity contribution in [2.45, 2.75) is 0 Å². The second-order valence-corrected chi connectivity index (χ2v) is 2.42. The highest BCUT2D eigenvalue weighted by Gasteiger charge is 1.98. The summed E-state index contributed by atoms with van der Waals surface area (Å²) in [7, 11) is 0. The molecule has 0 amide bonds. The van der Waals surface area contributed by atoms with Crippen LogP contribution in [0.15, 0.2) is 18.2 Å². The maximum absolute atomic E-state index is 12.5. The lowest BCUT2D eigenvalue weighted by atomic mass is 10.3. The van der Waals surface area contributed by atoms with Crippen molar-refractivity contribution in [3.8, 4) is 0 Å². The van der Waals surface area contributed by atoms with E-state index in [1.54, 1.807) is 6.07 Å². The average Bonchev–Trinajstić information content (AvgIpc) is 1.98. The summed E-state index contributed by atoms with van der Waals surface area (Å²) in [5.74, 6) is -0.422. The minimum Gasteiger partial charge on any atom is -0.373 e. The zero-order valence-corrected chi connectivity index (χ0v) is 6.53. The summed E-state index contributed by atoms with van der Waals surface area (Å²) in [6, 6.07) is 4.36. The van der Waals surface area contributed by atoms with Crippen LogP contribution in [0.2, 0.25) is 5.02 Å². The van der Waals surface area contributed by atoms with Gasteiger partial charge in [0, 0.05) is 5.69 Å². The van der Waals surface area contributed by atoms with Gasteiger partial charge in [-0.05, 0) is 18.2 Å². The Morgan fingerprint density at radius 3 is 2.82 bits per heavy atom. The summed E-state index contributed by atoms with van der Waals surface area (Å²) in [6.07, 6.45) is 0. The second-order valence-electron chi connectivity index (χ2n) is 2.01. The second kappa shape index (κ2) is 3.55. The van der Waals surface area contributed by atoms with Crippen LogP contribution in [0.4, 0.5) is 10.1 Å². The maximum Gasteiger partial charge on any atom is 0.141 e. The molecule has 3 N–H and O–H groups in total. The summed E-state index contributed by atoms with van der Waals surface area (Å²) in [6.45, 7) is 0.308. The van der Waals surface area contributed by atoms with E-state index in [1.807, 2.05) is 0 Å². The fourth-order valence-corrected chi connectivity index (χ4v) is 0.904. The molecule has 1 aromatic rings. The van der Waals surface area contributed by atoms with Crippen LogP contribution in [0, 0.1) is 5.82 Å². The van der Waals surface area contributed by atoms with Crippen molar-refractivity contribution in [2.24, 2.45) is 5.73 Å². The van der Waals surface area contributed by atoms with E-state index < -0.39 is 5.82 Å². The normalized spacial score (nSPS) is 9.73. The lowest BCUT2D eigenvalue weighted by Gasteiger charge is -2.02. The molecule has 2 nitrogen and oxygen atoms in total. The smallest absolute Gasteiger partial charge is 0.141 e. The Kier molecular flexibility index (Phi) is 2.68. The van der Waals surface area contributed by atoms with Crippen LogP contribution in [0.5, 0.6) is 0 Å². The number of benzene rings is 1. The van der Waals surface area contributed by atoms with Crippen molar-refractivity contribution < 1.29 is 4.39 Å². The van der Waals surface area contributed by atoms with E-state index in [0.29, 0.717) is 6.67 Å². The third-order valence-corrected chi connectivity index (χ3v) is 1.52. The fraction of sp³-hybridized carbons (Fsp3) is 0.143. The molecule has 0 fully saturated rings. The first-order chi connectivity index (χ1) is 5.24. The average molecular weight is 175 g/mol. The van der Waals surface area contributed by atoms with Gasteiger partial charge in [0.2, 0.25) is 0 Å². The van der Waals surface area contributed by atoms with E-state index in [9.17, 15) is 4.39 Å². The third kappa shape index (κ3) is 2.06. The van der Waals surface area contributed by atoms with Crippen molar-refractivity contribution in [1.82, 2.24) is 0 Å². The molecular formula is C7H8ClFN2. The molecule has 0 heterocycles. The first-order valence-corrected chi connectivity index (χ1v) is 3.51. The molecule has 0 aromatic heterocycles. The van der Waals surface area contributed by atoms with Crippen LogP contribution in [0.1, 0.15) is 0 Å². The Hall–Kier alpha value is -0.800. The zero-order chi connectivity index (χ0) is 8.27. The molecule has 11 heavy (non-hydrogen) atoms. The molecule has 1 aromatic carbocycles. The number of nitrogens with one attached hydrogen (secondary N) is 1. The summed E-state index contributed by atoms with van der Waals surface area (Å²) in [5, 5.41) is 2.90. The zero-order valence-electron chi connectivity index (χ0n) is 5.77. The molecule has 0 aliphatic carbocycles. The highest BCUT2D eigenvalue weighted by atomic mass is 35.5. The molecule has 4 heteroatoms. The first kappa shape index (κ1) is 8.30. The lowest BCUT2D eigenvalue weighted by molar-refractivity contribution is 0.628. The summed E-state index contributed by atoms with van der Waals surface area (Å²) < 4.78 is 12.5. The summed E-state index contributed by atoms with van der Waals surface area (Å²) >= 11 is 5.49. The van der Waals surface area contributed by atoms with Gasteiger partial charge in [-0.1, -0.05) is 11.6 Å². The first-order valence-electron chi connectivity index (χ1n) is 3.13. The molecule has 0 aliphatic rings. The fourth-order valence-electron chi connectivity index (χ4n) is 0.724. The Labute approximate surface area is 69.2 Å². The predicted molar refractivity (Wildman–Crippen MR) is 44.1 cm³/mol. The van der Waals surface area contributed by atoms with Crippen LogP contribution in [-0.4, -0.2) is 6.67 Å². The number of hydrogen-bond donors (Lipinski definition) is 2. The van der Waals surface area contributed by atoms with E-state index in [4.69, 9.17) is 17.3 Å². The van der Waals surface area contributed by atoms with Gasteiger partial charge in [-0.3, -0.25) is 0 Å². The number of hydrogen-bond acceptors (Lipinski definition) is 2. The van der Waals surface area contributed by atoms with Gasteiger partial charge in [0.05, 0.1) is 11.7 Å². The van der Waals surface area contributed by atoms with Crippen LogP contribution in [-0.2, 0) is 0 Å². The summed E-state index contributed by atoms with van der Waals surface area (Å²) in [5.41, 5.74) is 5.92. The standard InChI is InChI=1S/C7H8ClFN2/c8-6-3-5(11-4-10)1-2-7(6)9/h1-3,11H,4,10H2. The molecule has 0 spiro atoms. The summed E-state index contributed by atoms with van der Waals surface area (Å²) in [4.78, 5) is 0. The van der Waals surface area contributed by atoms with Crippen molar-refractivity contribution in [2.75, 3.05) is 12.0 Å². The van der Waals surface area contributed by atoms with Crippen LogP contribution in [0.25, 0.3) is 0 Å². The number of nitrogens with two attached hydrogens (primary N) is 1. The van der Waals surface area contributed by atoms with Gasteiger partial charge in [0.15, 0.2) is 0 Å². The molecule has 0 saturated heterocycles. The largest absolute Gasteiger partial charge is 0.373 e. The van der Waals surface area contributed by atoms with Crippen LogP contribution >= 0.6 is 11.6 Å². The van der Waals surface area contributed by atoms with Crippen molar-refractivity contribution >= 4 is 17.3 Å². The molecule has 0 atom stereocenters. The van der Waals surface area contributed by atoms with E-state index in [2.05, 4.69) is 5.32 Å². The van der Waals surface area contributed by atoms with Crippen molar-refractivity contribution in [3.05, 3.63) is 29.0 Å². The van der Waals surface area contributed by atoms with E-state index >= 15 is 0 Å². The number of anilines is 1. The lowest BCUT2D eigenvalue weighted by Crippen LogP contribution is -2.10. The minimum absolute atomic E-state index is 0.100. The van der Waals surface area contributed by atoms with E-state index in [1.165, 1.54) is 12.1 Å². The molecule has 1 rings (SSSR count). The highest BCUT2D eigenvalue weighted by molar-refractivity contribution is 6.31. The minimum atomic E-state index is -0.422. The van der Waals surface area contributed by atoms with Gasteiger partial charge in [0.25, 0.3) is 0 Å². The molecule has 0 unspecified atom stereocenters. The predicted octanol–water partition coefficient (Wildman–Crippen LogP) is 1.81. The number of halogens is 2. The van der Waals surface area contributed by atoms with Gasteiger partial charge in [0.1, 0.15) is 5.82 Å². The SMILES string of the molecule is NCNc1ccc(F)c(Cl)c1. The molecule has 0 saturated carbocycles. The van der Waals surface area contributed by atoms with E-state index in [-0.39, 0.29) is 5.02 Å². The van der Waals surface area contributed by atoms with Crippen molar-refractivity contribution in [3.63, 3.8) is 0 Å². The Morgan fingerprint density at radius 1 is 1.55 bits per heavy atom. The molecule has 0 bridgehead atoms. The van der Waals surface area contributed by atoms with Gasteiger partial charge < -0.3 is 11.1 Å². The van der Waals surface area contributed by atoms with Gasteiger partial charge in [-0.15, -0.1) is 0 Å². The molecule has 0 radical (unpaired) electrons. The molecule has 60 valence electrons. The van der Waals surface area contributed by atoms with Crippen LogP contribution < -0.4 is 11.1 Å². The van der Waals surface area contributed by atoms with Gasteiger partial charge in [-0.2, -0.15) is 0 Å². The topological polar surface area (TPSA) is 38.0 Å². The molecule has 0 aliphatic heterocycles. The van der Waals surface area contributed by atoms with E-state index in [0.717, 1.165) is 5.69 Å². The third-order valence-electron chi connectivity index (χ3n) is 1.23. The van der Waals surface area contributed by atoms with Crippen LogP contribution in [0.3, 0.4) is 0 Å². The monoisotopic (exact) mass is 174 g/mol. The van der Waals surface area contributed by atoms with Gasteiger partial charge >= 0.3 is 0 Å². The van der Waals surface area contributed by atoms with Crippen molar-refractivity contribution in [1.29, 1.82) is 0 Å². The highest BCUT2D eigenvalue weighted by Crippen LogP contribution is 2.18. The maximum atomic E-state index is 12.5. The Balaban J connectivity index is 2.86.